The number of hydrogen-bond acceptors (Lipinski definition) is 7. The summed E-state index contributed by atoms with van der Waals surface area (Å²) in [6, 6.07) is 11.3. The van der Waals surface area contributed by atoms with Crippen molar-refractivity contribution in [1.82, 2.24) is 20.9 Å². The Balaban J connectivity index is 1.84. The summed E-state index contributed by atoms with van der Waals surface area (Å²) in [6.45, 7) is 0.436. The zero-order valence-corrected chi connectivity index (χ0v) is 24.3. The van der Waals surface area contributed by atoms with E-state index >= 15 is 0 Å². The Hall–Kier alpha value is -4.75. The van der Waals surface area contributed by atoms with Gasteiger partial charge >= 0.3 is 11.9 Å². The fourth-order valence-electron chi connectivity index (χ4n) is 4.78. The second kappa shape index (κ2) is 16.8. The number of aromatic nitrogens is 1. The molecule has 4 unspecified atom stereocenters. The summed E-state index contributed by atoms with van der Waals surface area (Å²) in [5.74, 6) is -4.63. The predicted octanol–water partition coefficient (Wildman–Crippen LogP) is 0.813. The first kappa shape index (κ1) is 33.7. The molecule has 3 rings (SSSR count). The lowest BCUT2D eigenvalue weighted by Crippen LogP contribution is -2.57. The topological polar surface area (TPSA) is 230 Å². The number of aliphatic carboxylic acids is 2. The van der Waals surface area contributed by atoms with Crippen LogP contribution in [0.25, 0.3) is 10.9 Å². The number of carbonyl (C=O) groups is 5. The number of hydrogen-bond donors (Lipinski definition) is 8. The molecule has 3 aromatic rings. The van der Waals surface area contributed by atoms with E-state index in [1.165, 1.54) is 0 Å². The molecule has 0 radical (unpaired) electrons. The van der Waals surface area contributed by atoms with Gasteiger partial charge in [-0.05, 0) is 43.0 Å². The van der Waals surface area contributed by atoms with E-state index in [9.17, 15) is 34.2 Å². The van der Waals surface area contributed by atoms with E-state index < -0.39 is 60.2 Å². The van der Waals surface area contributed by atoms with Crippen LogP contribution in [0.1, 0.15) is 43.2 Å². The molecule has 1 aromatic heterocycles. The molecule has 236 valence electrons. The van der Waals surface area contributed by atoms with Crippen molar-refractivity contribution in [2.24, 2.45) is 11.5 Å². The number of benzene rings is 2. The van der Waals surface area contributed by atoms with Crippen LogP contribution >= 0.6 is 0 Å². The van der Waals surface area contributed by atoms with Crippen molar-refractivity contribution in [3.8, 4) is 0 Å². The SMILES string of the molecule is NCCCCC(N)C(=O)NC(CCC(=O)O)C(=O)NC(Cc1c[nH]c2ccccc12)C(=O)NC(Cc1ccccc1)C(=O)O. The first-order chi connectivity index (χ1) is 21.1. The molecule has 10 N–H and O–H groups in total. The molecule has 44 heavy (non-hydrogen) atoms. The van der Waals surface area contributed by atoms with Gasteiger partial charge in [-0.2, -0.15) is 0 Å². The Morgan fingerprint density at radius 2 is 1.39 bits per heavy atom. The van der Waals surface area contributed by atoms with E-state index in [1.807, 2.05) is 24.3 Å². The molecule has 0 aliphatic rings. The van der Waals surface area contributed by atoms with Gasteiger partial charge in [0.1, 0.15) is 18.1 Å². The van der Waals surface area contributed by atoms with Crippen LogP contribution in [0.3, 0.4) is 0 Å². The van der Waals surface area contributed by atoms with Crippen LogP contribution in [0.4, 0.5) is 0 Å². The van der Waals surface area contributed by atoms with E-state index in [1.54, 1.807) is 36.5 Å². The van der Waals surface area contributed by atoms with Crippen LogP contribution in [0.15, 0.2) is 60.8 Å². The van der Waals surface area contributed by atoms with E-state index in [-0.39, 0.29) is 19.3 Å². The molecule has 0 spiro atoms. The number of carboxylic acids is 2. The lowest BCUT2D eigenvalue weighted by molar-refractivity contribution is -0.142. The van der Waals surface area contributed by atoms with Crippen LogP contribution < -0.4 is 27.4 Å². The van der Waals surface area contributed by atoms with Gasteiger partial charge in [-0.15, -0.1) is 0 Å². The first-order valence-corrected chi connectivity index (χ1v) is 14.5. The van der Waals surface area contributed by atoms with Crippen molar-refractivity contribution in [3.63, 3.8) is 0 Å². The van der Waals surface area contributed by atoms with Gasteiger partial charge in [-0.3, -0.25) is 19.2 Å². The Morgan fingerprint density at radius 1 is 0.750 bits per heavy atom. The van der Waals surface area contributed by atoms with Crippen LogP contribution in [0.5, 0.6) is 0 Å². The largest absolute Gasteiger partial charge is 0.481 e. The average molecular weight is 609 g/mol. The second-order valence-corrected chi connectivity index (χ2v) is 10.6. The third-order valence-electron chi connectivity index (χ3n) is 7.22. The lowest BCUT2D eigenvalue weighted by atomic mass is 10.0. The minimum Gasteiger partial charge on any atom is -0.481 e. The lowest BCUT2D eigenvalue weighted by Gasteiger charge is -2.25. The number of nitrogens with one attached hydrogen (secondary N) is 4. The second-order valence-electron chi connectivity index (χ2n) is 10.6. The van der Waals surface area contributed by atoms with Gasteiger partial charge in [0.05, 0.1) is 6.04 Å². The van der Waals surface area contributed by atoms with Crippen LogP contribution in [0.2, 0.25) is 0 Å². The third-order valence-corrected chi connectivity index (χ3v) is 7.22. The molecular formula is C31H40N6O7. The summed E-state index contributed by atoms with van der Waals surface area (Å²) >= 11 is 0. The van der Waals surface area contributed by atoms with Crippen molar-refractivity contribution >= 4 is 40.6 Å². The Morgan fingerprint density at radius 3 is 2.07 bits per heavy atom. The molecule has 13 nitrogen and oxygen atoms in total. The van der Waals surface area contributed by atoms with E-state index in [4.69, 9.17) is 11.5 Å². The monoisotopic (exact) mass is 608 g/mol. The number of unbranched alkanes of at least 4 members (excludes halogenated alkanes) is 1. The zero-order chi connectivity index (χ0) is 32.1. The van der Waals surface area contributed by atoms with Gasteiger partial charge in [-0.1, -0.05) is 55.0 Å². The average Bonchev–Trinajstić information content (AvgIpc) is 3.41. The highest BCUT2D eigenvalue weighted by molar-refractivity contribution is 5.95. The Labute approximate surface area is 254 Å². The summed E-state index contributed by atoms with van der Waals surface area (Å²) in [5.41, 5.74) is 13.7. The summed E-state index contributed by atoms with van der Waals surface area (Å²) in [6.07, 6.45) is 2.58. The molecule has 1 heterocycles. The summed E-state index contributed by atoms with van der Waals surface area (Å²) in [7, 11) is 0. The number of aromatic amines is 1. The van der Waals surface area contributed by atoms with Crippen molar-refractivity contribution in [2.75, 3.05) is 6.54 Å². The number of H-pyrrole nitrogens is 1. The van der Waals surface area contributed by atoms with Crippen molar-refractivity contribution in [1.29, 1.82) is 0 Å². The highest BCUT2D eigenvalue weighted by atomic mass is 16.4. The molecule has 0 aliphatic carbocycles. The van der Waals surface area contributed by atoms with Crippen molar-refractivity contribution in [3.05, 3.63) is 71.9 Å². The number of carbonyl (C=O) groups excluding carboxylic acids is 3. The highest BCUT2D eigenvalue weighted by Crippen LogP contribution is 2.19. The molecule has 4 atom stereocenters. The molecule has 0 saturated heterocycles. The van der Waals surface area contributed by atoms with E-state index in [0.717, 1.165) is 10.9 Å². The van der Waals surface area contributed by atoms with Crippen molar-refractivity contribution < 1.29 is 34.2 Å². The predicted molar refractivity (Wildman–Crippen MR) is 163 cm³/mol. The maximum atomic E-state index is 13.6. The molecule has 3 amide bonds. The molecule has 2 aromatic carbocycles. The van der Waals surface area contributed by atoms with Gasteiger partial charge in [0.15, 0.2) is 0 Å². The van der Waals surface area contributed by atoms with Gasteiger partial charge in [-0.25, -0.2) is 4.79 Å². The van der Waals surface area contributed by atoms with E-state index in [2.05, 4.69) is 20.9 Å². The molecule has 0 aliphatic heterocycles. The van der Waals surface area contributed by atoms with Crippen LogP contribution in [0, 0.1) is 0 Å². The summed E-state index contributed by atoms with van der Waals surface area (Å²) < 4.78 is 0. The zero-order valence-electron chi connectivity index (χ0n) is 24.3. The van der Waals surface area contributed by atoms with Crippen LogP contribution in [-0.2, 0) is 36.8 Å². The minimum atomic E-state index is -1.31. The summed E-state index contributed by atoms with van der Waals surface area (Å²) in [4.78, 5) is 66.4. The Bertz CT molecular complexity index is 1430. The molecule has 0 bridgehead atoms. The summed E-state index contributed by atoms with van der Waals surface area (Å²) in [5, 5.41) is 27.6. The number of nitrogens with two attached hydrogens (primary N) is 2. The number of fused-ring (bicyclic) bond motifs is 1. The van der Waals surface area contributed by atoms with Crippen molar-refractivity contribution in [2.45, 2.75) is 69.1 Å². The number of rotatable bonds is 18. The molecule has 0 saturated carbocycles. The smallest absolute Gasteiger partial charge is 0.326 e. The third kappa shape index (κ3) is 10.2. The Kier molecular flexibility index (Phi) is 12.9. The quantitative estimate of drug-likeness (QED) is 0.0954. The first-order valence-electron chi connectivity index (χ1n) is 14.5. The maximum Gasteiger partial charge on any atom is 0.326 e. The molecular weight excluding hydrogens is 568 g/mol. The maximum absolute atomic E-state index is 13.6. The van der Waals surface area contributed by atoms with Crippen LogP contribution in [-0.4, -0.2) is 75.6 Å². The number of para-hydroxylation sites is 1. The fraction of sp³-hybridized carbons (Fsp3) is 0.387. The molecule has 0 fully saturated rings. The standard InChI is InChI=1S/C31H40N6O7/c32-15-7-6-11-22(33)28(40)35-24(13-14-27(38)39)29(41)36-25(17-20-18-34-23-12-5-4-10-21(20)23)30(42)37-26(31(43)44)16-19-8-2-1-3-9-19/h1-5,8-10,12,18,22,24-26,34H,6-7,11,13-17,32-33H2,(H,35,40)(H,36,41)(H,37,42)(H,38,39)(H,43,44). The van der Waals surface area contributed by atoms with E-state index in [0.29, 0.717) is 36.9 Å². The number of amides is 3. The highest BCUT2D eigenvalue weighted by Gasteiger charge is 2.31. The van der Waals surface area contributed by atoms with Gasteiger partial charge in [0.2, 0.25) is 17.7 Å². The fourth-order valence-corrected chi connectivity index (χ4v) is 4.78. The normalized spacial score (nSPS) is 13.8. The minimum absolute atomic E-state index is 0.00893. The molecule has 13 heteroatoms. The van der Waals surface area contributed by atoms with Gasteiger partial charge in [0, 0.05) is 36.4 Å². The number of carboxylic acid groups (broad SMARTS) is 2. The van der Waals surface area contributed by atoms with Gasteiger partial charge < -0.3 is 42.6 Å². The van der Waals surface area contributed by atoms with Gasteiger partial charge in [0.25, 0.3) is 0 Å².